The predicted octanol–water partition coefficient (Wildman–Crippen LogP) is 7.88. The summed E-state index contributed by atoms with van der Waals surface area (Å²) >= 11 is 6.33. The second kappa shape index (κ2) is 17.0. The molecule has 16 atom stereocenters. The fourth-order valence-electron chi connectivity index (χ4n) is 14.2. The van der Waals surface area contributed by atoms with Crippen molar-refractivity contribution in [3.63, 3.8) is 0 Å². The Labute approximate surface area is 383 Å². The number of quaternary nitrogens is 1. The molecule has 0 radical (unpaired) electrons. The van der Waals surface area contributed by atoms with Gasteiger partial charge in [-0.1, -0.05) is 39.3 Å². The molecule has 354 valence electrons. The van der Waals surface area contributed by atoms with Crippen LogP contribution in [0.3, 0.4) is 0 Å². The number of anilines is 1. The van der Waals surface area contributed by atoms with Crippen molar-refractivity contribution in [1.29, 1.82) is 0 Å². The third-order valence-electron chi connectivity index (χ3n) is 18.1. The van der Waals surface area contributed by atoms with Gasteiger partial charge < -0.3 is 38.2 Å². The lowest BCUT2D eigenvalue weighted by Crippen LogP contribution is -2.70. The Morgan fingerprint density at radius 1 is 0.734 bits per heavy atom. The van der Waals surface area contributed by atoms with Crippen LogP contribution in [0.2, 0.25) is 5.02 Å². The number of rotatable bonds is 12. The number of pyridine rings is 1. The maximum atomic E-state index is 6.84. The van der Waals surface area contributed by atoms with Crippen LogP contribution in [0.1, 0.15) is 92.9 Å². The summed E-state index contributed by atoms with van der Waals surface area (Å²) in [6.07, 6.45) is 8.20. The Kier molecular flexibility index (Phi) is 11.9. The minimum absolute atomic E-state index is 0.138. The quantitative estimate of drug-likeness (QED) is 0.165. The van der Waals surface area contributed by atoms with Crippen LogP contribution < -0.4 is 5.32 Å². The zero-order chi connectivity index (χ0) is 44.1. The average molecular weight is 913 g/mol. The number of ether oxygens (including phenoxy) is 6. The molecule has 13 rings (SSSR count). The summed E-state index contributed by atoms with van der Waals surface area (Å²) in [4.78, 5) is 32.0. The molecule has 9 aliphatic heterocycles. The highest BCUT2D eigenvalue weighted by atomic mass is 35.5. The third-order valence-corrected chi connectivity index (χ3v) is 18.4. The molecule has 1 aromatic heterocycles. The molecule has 0 amide bonds. The van der Waals surface area contributed by atoms with Gasteiger partial charge in [0.25, 0.3) is 0 Å². The van der Waals surface area contributed by atoms with E-state index < -0.39 is 35.4 Å². The molecule has 2 spiro atoms. The van der Waals surface area contributed by atoms with E-state index in [1.54, 1.807) is 0 Å². The highest BCUT2D eigenvalue weighted by Gasteiger charge is 2.71. The van der Waals surface area contributed by atoms with Gasteiger partial charge in [-0.05, 0) is 100 Å². The molecule has 1 aromatic carbocycles. The van der Waals surface area contributed by atoms with Crippen LogP contribution in [0.15, 0.2) is 30.5 Å². The number of fused-ring (bicyclic) bond motifs is 5. The van der Waals surface area contributed by atoms with E-state index in [1.165, 1.54) is 12.8 Å². The second-order valence-corrected chi connectivity index (χ2v) is 22.2. The Morgan fingerprint density at radius 2 is 1.33 bits per heavy atom. The molecule has 64 heavy (non-hydrogen) atoms. The Bertz CT molecular complexity index is 2010. The van der Waals surface area contributed by atoms with Gasteiger partial charge in [0.05, 0.1) is 44.9 Å². The van der Waals surface area contributed by atoms with Crippen LogP contribution >= 0.6 is 11.6 Å². The van der Waals surface area contributed by atoms with Crippen LogP contribution in [0, 0.1) is 47.3 Å². The molecule has 10 heterocycles. The Balaban J connectivity index is 0.741. The van der Waals surface area contributed by atoms with Gasteiger partial charge in [0.15, 0.2) is 36.4 Å². The van der Waals surface area contributed by atoms with E-state index in [1.807, 2.05) is 32.2 Å². The zero-order valence-electron chi connectivity index (χ0n) is 38.8. The molecule has 1 N–H and O–H groups in total. The van der Waals surface area contributed by atoms with Crippen molar-refractivity contribution in [1.82, 2.24) is 9.88 Å². The van der Waals surface area contributed by atoms with Crippen LogP contribution in [-0.4, -0.2) is 128 Å². The molecule has 2 aromatic rings. The topological polar surface area (TPSA) is 120 Å². The largest absolute Gasteiger partial charge is 0.379 e. The highest BCUT2D eigenvalue weighted by molar-refractivity contribution is 6.31. The Morgan fingerprint density at radius 3 is 1.94 bits per heavy atom. The van der Waals surface area contributed by atoms with Crippen molar-refractivity contribution in [2.75, 3.05) is 70.9 Å². The number of hydrogen-bond acceptors (Lipinski definition) is 13. The summed E-state index contributed by atoms with van der Waals surface area (Å²) in [6.45, 7) is 21.8. The smallest absolute Gasteiger partial charge is 0.201 e. The lowest BCUT2D eigenvalue weighted by molar-refractivity contribution is -0.931. The molecule has 11 fully saturated rings. The standard InChI is InChI=1S/C49H72ClN4O10/c1-30-7-11-38-32(3)42(57-44-48(38)36(30)13-16-46(5,59-44)61-63-48)55-27-22-53-20-24-54(25-21-53,23-19-52-40-15-18-51-41-29-34(50)9-10-35(40)41)26-28-56-43-33(4)39-12-8-31(2)37-14-17-47(6)60-45(58-43)49(37,39)64-62-47/h9-10,15,18,29-33,36-39,42-45H,7-8,11-14,16-17,19-28H2,1-6H3,(H,51,52)/q+1/t30-,31-,32-,33-,36?,37?,38?,39?,42+,43+,44-,45-,46+,47+,48?,49?/m1/s1. The van der Waals surface area contributed by atoms with Gasteiger partial charge in [0.2, 0.25) is 11.6 Å². The zero-order valence-corrected chi connectivity index (χ0v) is 39.6. The lowest BCUT2D eigenvalue weighted by Gasteiger charge is -2.60. The minimum Gasteiger partial charge on any atom is -0.379 e. The molecule has 14 nitrogen and oxygen atoms in total. The van der Waals surface area contributed by atoms with Crippen LogP contribution in [0.4, 0.5) is 5.69 Å². The predicted molar refractivity (Wildman–Crippen MR) is 237 cm³/mol. The van der Waals surface area contributed by atoms with Crippen molar-refractivity contribution in [3.8, 4) is 0 Å². The lowest BCUT2D eigenvalue weighted by atomic mass is 9.58. The minimum atomic E-state index is -0.809. The molecule has 11 aliphatic rings. The van der Waals surface area contributed by atoms with Crippen molar-refractivity contribution < 1.29 is 52.5 Å². The van der Waals surface area contributed by atoms with Crippen molar-refractivity contribution in [3.05, 3.63) is 35.5 Å². The maximum Gasteiger partial charge on any atom is 0.201 e. The van der Waals surface area contributed by atoms with Crippen LogP contribution in [0.25, 0.3) is 10.9 Å². The summed E-state index contributed by atoms with van der Waals surface area (Å²) < 4.78 is 41.3. The number of piperazine rings is 1. The molecule has 2 saturated carbocycles. The summed E-state index contributed by atoms with van der Waals surface area (Å²) in [5, 5.41) is 5.53. The van der Waals surface area contributed by atoms with Gasteiger partial charge >= 0.3 is 0 Å². The molecular weight excluding hydrogens is 840 g/mol. The normalized spacial score (nSPS) is 45.9. The fourth-order valence-corrected chi connectivity index (χ4v) is 14.4. The number of aromatic nitrogens is 1. The molecule has 4 bridgehead atoms. The van der Waals surface area contributed by atoms with Crippen LogP contribution in [-0.2, 0) is 48.0 Å². The van der Waals surface area contributed by atoms with Crippen molar-refractivity contribution >= 4 is 28.2 Å². The van der Waals surface area contributed by atoms with E-state index in [9.17, 15) is 0 Å². The number of hydrogen-bond donors (Lipinski definition) is 1. The monoisotopic (exact) mass is 911 g/mol. The van der Waals surface area contributed by atoms with Crippen LogP contribution in [0.5, 0.6) is 0 Å². The van der Waals surface area contributed by atoms with Gasteiger partial charge in [-0.25, -0.2) is 19.6 Å². The Hall–Kier alpha value is -1.76. The highest BCUT2D eigenvalue weighted by Crippen LogP contribution is 2.62. The molecule has 6 unspecified atom stereocenters. The van der Waals surface area contributed by atoms with E-state index in [0.29, 0.717) is 41.9 Å². The van der Waals surface area contributed by atoms with E-state index >= 15 is 0 Å². The number of halogens is 1. The summed E-state index contributed by atoms with van der Waals surface area (Å²) in [5.41, 5.74) is 0.783. The summed E-state index contributed by atoms with van der Waals surface area (Å²) in [5.74, 6) is 0.891. The molecule has 2 aliphatic carbocycles. The van der Waals surface area contributed by atoms with Gasteiger partial charge in [-0.2, -0.15) is 0 Å². The molecular formula is C49H72ClN4O10+. The number of nitrogens with zero attached hydrogens (tertiary/aromatic N) is 3. The second-order valence-electron chi connectivity index (χ2n) is 21.8. The first-order valence-electron chi connectivity index (χ1n) is 24.8. The summed E-state index contributed by atoms with van der Waals surface area (Å²) in [6, 6.07) is 7.97. The van der Waals surface area contributed by atoms with Gasteiger partial charge in [-0.3, -0.25) is 9.88 Å². The van der Waals surface area contributed by atoms with E-state index in [-0.39, 0.29) is 36.3 Å². The number of benzene rings is 1. The average Bonchev–Trinajstić information content (AvgIpc) is 3.66. The van der Waals surface area contributed by atoms with Crippen molar-refractivity contribution in [2.45, 2.75) is 141 Å². The first-order valence-corrected chi connectivity index (χ1v) is 25.2. The van der Waals surface area contributed by atoms with E-state index in [2.05, 4.69) is 55.0 Å². The molecule has 9 saturated heterocycles. The fraction of sp³-hybridized carbons (Fsp3) is 0.816. The third kappa shape index (κ3) is 7.56. The maximum absolute atomic E-state index is 6.84. The SMILES string of the molecule is C[C@@H]1CCC2[C@@H](C)[C@@H](OCCN3CC[N+](CCNc4ccnc5cc(Cl)ccc45)(CCO[C@H]4O[C@@H]5O[C@]6(C)CCC7[C@H](C)CCC([C@H]4C)C75OO6)CC3)O[C@@H]3O[C@]4(C)CCC1C23OO4. The first-order chi connectivity index (χ1) is 30.8. The van der Waals surface area contributed by atoms with Gasteiger partial charge in [0.1, 0.15) is 6.54 Å². The van der Waals surface area contributed by atoms with E-state index in [4.69, 9.17) is 59.6 Å². The molecule has 15 heteroatoms. The summed E-state index contributed by atoms with van der Waals surface area (Å²) in [7, 11) is 0. The van der Waals surface area contributed by atoms with Gasteiger partial charge in [-0.15, -0.1) is 0 Å². The van der Waals surface area contributed by atoms with E-state index in [0.717, 1.165) is 112 Å². The number of nitrogens with one attached hydrogen (secondary N) is 1. The van der Waals surface area contributed by atoms with Crippen molar-refractivity contribution in [2.24, 2.45) is 47.3 Å². The van der Waals surface area contributed by atoms with Gasteiger partial charge in [0, 0.05) is 78.4 Å². The first kappa shape index (κ1) is 44.7.